The van der Waals surface area contributed by atoms with Gasteiger partial charge in [-0.3, -0.25) is 0 Å². The average Bonchev–Trinajstić information content (AvgIpc) is 2.41. The van der Waals surface area contributed by atoms with Gasteiger partial charge in [0.2, 0.25) is 0 Å². The van der Waals surface area contributed by atoms with Gasteiger partial charge >= 0.3 is 25.7 Å². The highest BCUT2D eigenvalue weighted by molar-refractivity contribution is 6.90. The van der Waals surface area contributed by atoms with Crippen molar-refractivity contribution in [1.29, 1.82) is 0 Å². The molecule has 0 saturated carbocycles. The van der Waals surface area contributed by atoms with E-state index in [0.29, 0.717) is 0 Å². The van der Waals surface area contributed by atoms with Crippen molar-refractivity contribution in [2.75, 3.05) is 6.61 Å². The Morgan fingerprint density at radius 2 is 1.00 bits per heavy atom. The molecule has 0 radical (unpaired) electrons. The molecule has 1 fully saturated rings. The van der Waals surface area contributed by atoms with Gasteiger partial charge in [-0.1, -0.05) is 29.7 Å². The van der Waals surface area contributed by atoms with Crippen LogP contribution in [0, 0.1) is 0 Å². The number of piperidine rings is 1. The Morgan fingerprint density at radius 1 is 0.605 bits per heavy atom. The zero-order valence-electron chi connectivity index (χ0n) is 25.2. The summed E-state index contributed by atoms with van der Waals surface area (Å²) in [4.78, 5) is 0. The SMILES string of the molecule is C.C.C.C.CC1(C)CC(OCCC[Si](C)(O[Si](C)(C)C)O[Si](C)(C)O[Si](C)(C)O[Si](C)(C)C)CC(C)(C)N1. The largest absolute Gasteiger partial charge is 0.437 e. The Labute approximate surface area is 246 Å². The Hall–Kier alpha value is 0.844. The summed E-state index contributed by atoms with van der Waals surface area (Å²) in [5, 5.41) is 3.74. The third kappa shape index (κ3) is 19.8. The molecule has 0 aromatic heterocycles. The molecule has 0 aromatic carbocycles. The molecule has 0 amide bonds. The minimum atomic E-state index is -2.44. The summed E-state index contributed by atoms with van der Waals surface area (Å²) in [6.45, 7) is 34.1. The molecule has 38 heavy (non-hydrogen) atoms. The zero-order chi connectivity index (χ0) is 26.9. The van der Waals surface area contributed by atoms with Gasteiger partial charge in [-0.05, 0) is 125 Å². The second kappa shape index (κ2) is 15.9. The third-order valence-electron chi connectivity index (χ3n) is 5.31. The van der Waals surface area contributed by atoms with E-state index in [1.807, 2.05) is 0 Å². The van der Waals surface area contributed by atoms with Crippen LogP contribution in [0.4, 0.5) is 0 Å². The van der Waals surface area contributed by atoms with E-state index in [-0.39, 0.29) is 46.9 Å². The van der Waals surface area contributed by atoms with E-state index >= 15 is 0 Å². The molecular weight excluding hydrogens is 559 g/mol. The van der Waals surface area contributed by atoms with Crippen LogP contribution in [0.15, 0.2) is 0 Å². The first-order valence-electron chi connectivity index (χ1n) is 13.0. The van der Waals surface area contributed by atoms with Crippen molar-refractivity contribution >= 4 is 42.3 Å². The van der Waals surface area contributed by atoms with E-state index in [4.69, 9.17) is 21.2 Å². The van der Waals surface area contributed by atoms with Crippen LogP contribution in [0.2, 0.25) is 78.1 Å². The van der Waals surface area contributed by atoms with Crippen LogP contribution in [-0.2, 0) is 21.2 Å². The molecular formula is C27H73NO5Si5. The Balaban J connectivity index is -0.00000144. The molecule has 236 valence electrons. The first-order valence-corrected chi connectivity index (χ1v) is 28.0. The lowest BCUT2D eigenvalue weighted by Gasteiger charge is -2.46. The van der Waals surface area contributed by atoms with Gasteiger partial charge in [0.1, 0.15) is 0 Å². The van der Waals surface area contributed by atoms with Crippen molar-refractivity contribution < 1.29 is 21.2 Å². The Kier molecular flexibility index (Phi) is 19.2. The maximum Gasteiger partial charge on any atom is 0.315 e. The molecule has 11 heteroatoms. The lowest BCUT2D eigenvalue weighted by Crippen LogP contribution is -2.59. The summed E-state index contributed by atoms with van der Waals surface area (Å²) in [7, 11) is -10.6. The van der Waals surface area contributed by atoms with Crippen molar-refractivity contribution in [3.63, 3.8) is 0 Å². The lowest BCUT2D eigenvalue weighted by molar-refractivity contribution is -0.0217. The number of hydrogen-bond donors (Lipinski definition) is 1. The smallest absolute Gasteiger partial charge is 0.315 e. The summed E-state index contributed by atoms with van der Waals surface area (Å²) in [6.07, 6.45) is 3.32. The second-order valence-corrected chi connectivity index (χ2v) is 34.5. The van der Waals surface area contributed by atoms with E-state index < -0.39 is 42.3 Å². The van der Waals surface area contributed by atoms with Gasteiger partial charge in [0.05, 0.1) is 6.10 Å². The molecule has 6 nitrogen and oxygen atoms in total. The minimum absolute atomic E-state index is 0. The molecule has 0 bridgehead atoms. The Morgan fingerprint density at radius 3 is 1.39 bits per heavy atom. The van der Waals surface area contributed by atoms with E-state index in [0.717, 1.165) is 31.9 Å². The fourth-order valence-electron chi connectivity index (χ4n) is 5.65. The highest BCUT2D eigenvalue weighted by Crippen LogP contribution is 2.32. The summed E-state index contributed by atoms with van der Waals surface area (Å²) in [6, 6.07) is 0.922. The summed E-state index contributed by atoms with van der Waals surface area (Å²) in [5.74, 6) is 0. The fraction of sp³-hybridized carbons (Fsp3) is 1.00. The fourth-order valence-corrected chi connectivity index (χ4v) is 28.9. The highest BCUT2D eigenvalue weighted by atomic mass is 28.5. The van der Waals surface area contributed by atoms with Gasteiger partial charge in [0.25, 0.3) is 0 Å². The standard InChI is InChI=1S/C23H57NO5Si5.4CH4/c1-22(2)19-21(20-23(3,4)24-22)25-17-16-18-34(15,27-31(8,9)10)29-33(13,14)28-32(11,12)26-30(5,6)7;;;;/h21,24H,16-20H2,1-15H3;4*1H4. The van der Waals surface area contributed by atoms with Crippen LogP contribution in [0.3, 0.4) is 0 Å². The maximum atomic E-state index is 6.88. The number of hydrogen-bond acceptors (Lipinski definition) is 6. The highest BCUT2D eigenvalue weighted by Gasteiger charge is 2.46. The molecule has 0 aliphatic carbocycles. The van der Waals surface area contributed by atoms with Crippen molar-refractivity contribution in [1.82, 2.24) is 5.32 Å². The van der Waals surface area contributed by atoms with Gasteiger partial charge in [-0.2, -0.15) is 0 Å². The first kappa shape index (κ1) is 45.8. The normalized spacial score (nSPS) is 19.7. The van der Waals surface area contributed by atoms with Crippen molar-refractivity contribution in [2.45, 2.75) is 172 Å². The molecule has 0 spiro atoms. The van der Waals surface area contributed by atoms with Crippen LogP contribution >= 0.6 is 0 Å². The topological polar surface area (TPSA) is 58.2 Å². The Bertz CT molecular complexity index is 647. The molecule has 1 aliphatic heterocycles. The quantitative estimate of drug-likeness (QED) is 0.161. The third-order valence-corrected chi connectivity index (χ3v) is 22.8. The molecule has 0 aromatic rings. The van der Waals surface area contributed by atoms with Crippen LogP contribution in [0.1, 0.15) is 76.7 Å². The summed E-state index contributed by atoms with van der Waals surface area (Å²) >= 11 is 0. The summed E-state index contributed by atoms with van der Waals surface area (Å²) in [5.41, 5.74) is 0.197. The van der Waals surface area contributed by atoms with Gasteiger partial charge < -0.3 is 26.5 Å². The van der Waals surface area contributed by atoms with Gasteiger partial charge in [0, 0.05) is 17.7 Å². The van der Waals surface area contributed by atoms with E-state index in [1.54, 1.807) is 0 Å². The monoisotopic (exact) mass is 631 g/mol. The van der Waals surface area contributed by atoms with Gasteiger partial charge in [0.15, 0.2) is 16.6 Å². The van der Waals surface area contributed by atoms with E-state index in [9.17, 15) is 0 Å². The van der Waals surface area contributed by atoms with Crippen LogP contribution in [-0.4, -0.2) is 66.1 Å². The maximum absolute atomic E-state index is 6.88. The summed E-state index contributed by atoms with van der Waals surface area (Å²) < 4.78 is 33.1. The molecule has 1 N–H and O–H groups in total. The second-order valence-electron chi connectivity index (χ2n) is 14.5. The molecule has 1 saturated heterocycles. The predicted octanol–water partition coefficient (Wildman–Crippen LogP) is 9.46. The number of rotatable bonds is 13. The molecule has 1 aliphatic rings. The van der Waals surface area contributed by atoms with Crippen molar-refractivity contribution in [2.24, 2.45) is 0 Å². The van der Waals surface area contributed by atoms with Gasteiger partial charge in [-0.15, -0.1) is 0 Å². The van der Waals surface area contributed by atoms with Crippen molar-refractivity contribution in [3.05, 3.63) is 0 Å². The zero-order valence-corrected chi connectivity index (χ0v) is 30.2. The predicted molar refractivity (Wildman–Crippen MR) is 184 cm³/mol. The molecule has 1 rings (SSSR count). The van der Waals surface area contributed by atoms with E-state index in [2.05, 4.69) is 105 Å². The molecule has 1 unspecified atom stereocenters. The van der Waals surface area contributed by atoms with Gasteiger partial charge in [-0.25, -0.2) is 0 Å². The minimum Gasteiger partial charge on any atom is -0.437 e. The van der Waals surface area contributed by atoms with Crippen LogP contribution in [0.5, 0.6) is 0 Å². The first-order chi connectivity index (χ1) is 14.8. The number of nitrogens with one attached hydrogen (secondary N) is 1. The van der Waals surface area contributed by atoms with Crippen LogP contribution in [0.25, 0.3) is 0 Å². The average molecular weight is 632 g/mol. The van der Waals surface area contributed by atoms with Crippen molar-refractivity contribution in [3.8, 4) is 0 Å². The molecule has 1 heterocycles. The van der Waals surface area contributed by atoms with Crippen LogP contribution < -0.4 is 5.32 Å². The lowest BCUT2D eigenvalue weighted by atomic mass is 9.81. The number of ether oxygens (including phenoxy) is 1. The van der Waals surface area contributed by atoms with E-state index in [1.165, 1.54) is 0 Å². The molecule has 1 atom stereocenters.